The number of allylic oxidation sites excluding steroid dienone is 1. The third-order valence-electron chi connectivity index (χ3n) is 10.1. The molecule has 0 heterocycles. The number of hydrogen-bond acceptors (Lipinski definition) is 3. The van der Waals surface area contributed by atoms with Crippen molar-refractivity contribution in [2.24, 2.45) is 40.4 Å². The Bertz CT molecular complexity index is 703. The molecule has 3 nitrogen and oxygen atoms in total. The molecule has 2 N–H and O–H groups in total. The Morgan fingerprint density at radius 3 is 2.57 bits per heavy atom. The zero-order valence-corrected chi connectivity index (χ0v) is 19.9. The van der Waals surface area contributed by atoms with E-state index in [4.69, 9.17) is 0 Å². The van der Waals surface area contributed by atoms with Crippen molar-refractivity contribution in [3.05, 3.63) is 11.6 Å². The highest BCUT2D eigenvalue weighted by Crippen LogP contribution is 2.66. The quantitative estimate of drug-likeness (QED) is 0.606. The van der Waals surface area contributed by atoms with Crippen LogP contribution in [0.2, 0.25) is 0 Å². The summed E-state index contributed by atoms with van der Waals surface area (Å²) in [6.07, 6.45) is 12.3. The summed E-state index contributed by atoms with van der Waals surface area (Å²) in [4.78, 5) is 13.4. The maximum Gasteiger partial charge on any atom is 0.159 e. The van der Waals surface area contributed by atoms with Crippen LogP contribution in [-0.2, 0) is 4.79 Å². The van der Waals surface area contributed by atoms with Gasteiger partial charge in [0.05, 0.1) is 11.7 Å². The molecule has 0 unspecified atom stereocenters. The molecule has 3 heteroatoms. The van der Waals surface area contributed by atoms with E-state index < -0.39 is 5.60 Å². The summed E-state index contributed by atoms with van der Waals surface area (Å²) in [6, 6.07) is 0. The molecule has 0 spiro atoms. The van der Waals surface area contributed by atoms with Crippen LogP contribution in [0.4, 0.5) is 0 Å². The van der Waals surface area contributed by atoms with Gasteiger partial charge in [-0.15, -0.1) is 0 Å². The Balaban J connectivity index is 1.52. The van der Waals surface area contributed by atoms with Crippen molar-refractivity contribution in [3.8, 4) is 0 Å². The summed E-state index contributed by atoms with van der Waals surface area (Å²) >= 11 is 0. The van der Waals surface area contributed by atoms with Crippen molar-refractivity contribution < 1.29 is 15.0 Å². The van der Waals surface area contributed by atoms with Crippen LogP contribution in [0.3, 0.4) is 0 Å². The Morgan fingerprint density at radius 1 is 1.13 bits per heavy atom. The smallest absolute Gasteiger partial charge is 0.159 e. The van der Waals surface area contributed by atoms with Crippen LogP contribution in [0.15, 0.2) is 11.6 Å². The van der Waals surface area contributed by atoms with Gasteiger partial charge in [-0.2, -0.15) is 0 Å². The lowest BCUT2D eigenvalue weighted by Crippen LogP contribution is -2.53. The van der Waals surface area contributed by atoms with E-state index in [2.05, 4.69) is 20.8 Å². The van der Waals surface area contributed by atoms with Gasteiger partial charge < -0.3 is 10.2 Å². The molecule has 4 aliphatic carbocycles. The highest BCUT2D eigenvalue weighted by atomic mass is 16.3. The van der Waals surface area contributed by atoms with E-state index in [1.165, 1.54) is 37.7 Å². The van der Waals surface area contributed by atoms with Crippen LogP contribution in [0.1, 0.15) is 98.8 Å². The van der Waals surface area contributed by atoms with Crippen molar-refractivity contribution in [1.29, 1.82) is 0 Å². The Hall–Kier alpha value is -0.670. The highest BCUT2D eigenvalue weighted by molar-refractivity contribution is 5.94. The molecule has 170 valence electrons. The largest absolute Gasteiger partial charge is 0.393 e. The topological polar surface area (TPSA) is 57.5 Å². The van der Waals surface area contributed by atoms with Gasteiger partial charge >= 0.3 is 0 Å². The zero-order chi connectivity index (χ0) is 21.9. The van der Waals surface area contributed by atoms with Crippen molar-refractivity contribution >= 4 is 5.78 Å². The molecule has 0 amide bonds. The van der Waals surface area contributed by atoms with Gasteiger partial charge in [-0.05, 0) is 106 Å². The minimum absolute atomic E-state index is 0.121. The van der Waals surface area contributed by atoms with Crippen molar-refractivity contribution in [3.63, 3.8) is 0 Å². The van der Waals surface area contributed by atoms with Gasteiger partial charge in [-0.1, -0.05) is 39.2 Å². The molecule has 0 saturated heterocycles. The fourth-order valence-corrected chi connectivity index (χ4v) is 8.42. The molecule has 0 radical (unpaired) electrons. The number of carbonyl (C=O) groups excluding carboxylic acids is 1. The first-order valence-electron chi connectivity index (χ1n) is 12.6. The molecule has 0 aromatic rings. The lowest BCUT2D eigenvalue weighted by molar-refractivity contribution is -0.135. The van der Waals surface area contributed by atoms with E-state index in [-0.39, 0.29) is 22.9 Å². The van der Waals surface area contributed by atoms with Gasteiger partial charge in [0.2, 0.25) is 0 Å². The van der Waals surface area contributed by atoms with Gasteiger partial charge in [0.1, 0.15) is 0 Å². The molecular formula is C27H44O3. The molecule has 0 aliphatic heterocycles. The third kappa shape index (κ3) is 3.72. The van der Waals surface area contributed by atoms with Crippen molar-refractivity contribution in [2.75, 3.05) is 0 Å². The monoisotopic (exact) mass is 416 g/mol. The first-order valence-corrected chi connectivity index (χ1v) is 12.6. The Labute approximate surface area is 183 Å². The molecule has 0 bridgehead atoms. The lowest BCUT2D eigenvalue weighted by atomic mass is 9.46. The predicted octanol–water partition coefficient (Wildman–Crippen LogP) is 5.68. The van der Waals surface area contributed by atoms with Crippen LogP contribution in [0.5, 0.6) is 0 Å². The number of ketones is 1. The van der Waals surface area contributed by atoms with E-state index in [0.717, 1.165) is 25.7 Å². The van der Waals surface area contributed by atoms with E-state index in [1.54, 1.807) is 0 Å². The predicted molar refractivity (Wildman–Crippen MR) is 121 cm³/mol. The second-order valence-corrected chi connectivity index (χ2v) is 12.5. The lowest BCUT2D eigenvalue weighted by Gasteiger charge is -2.57. The summed E-state index contributed by atoms with van der Waals surface area (Å²) in [5, 5.41) is 20.3. The average Bonchev–Trinajstić information content (AvgIpc) is 2.99. The summed E-state index contributed by atoms with van der Waals surface area (Å²) in [5.74, 6) is 2.91. The molecule has 3 fully saturated rings. The van der Waals surface area contributed by atoms with Gasteiger partial charge in [0.15, 0.2) is 5.78 Å². The molecule has 4 rings (SSSR count). The summed E-state index contributed by atoms with van der Waals surface area (Å²) in [7, 11) is 0. The Morgan fingerprint density at radius 2 is 1.87 bits per heavy atom. The number of hydrogen-bond donors (Lipinski definition) is 2. The molecule has 3 saturated carbocycles. The van der Waals surface area contributed by atoms with E-state index in [9.17, 15) is 15.0 Å². The minimum atomic E-state index is -0.568. The van der Waals surface area contributed by atoms with E-state index in [0.29, 0.717) is 35.9 Å². The van der Waals surface area contributed by atoms with E-state index >= 15 is 0 Å². The van der Waals surface area contributed by atoms with Crippen LogP contribution in [0.25, 0.3) is 0 Å². The maximum absolute atomic E-state index is 13.4. The zero-order valence-electron chi connectivity index (χ0n) is 19.9. The first-order chi connectivity index (χ1) is 14.0. The molecule has 8 atom stereocenters. The van der Waals surface area contributed by atoms with Crippen molar-refractivity contribution in [1.82, 2.24) is 0 Å². The normalized spacial score (nSPS) is 44.7. The number of carbonyl (C=O) groups is 1. The van der Waals surface area contributed by atoms with E-state index in [1.807, 2.05) is 19.9 Å². The second-order valence-electron chi connectivity index (χ2n) is 12.5. The molecule has 0 aromatic heterocycles. The number of fused-ring (bicyclic) bond motifs is 5. The highest BCUT2D eigenvalue weighted by Gasteiger charge is 2.61. The van der Waals surface area contributed by atoms with Gasteiger partial charge in [0, 0.05) is 5.92 Å². The first kappa shape index (κ1) is 22.5. The SMILES string of the molecule is C[C@H](CCCC(C)(C)O)[C@H]1CC[C@H]2[C@@H]3C(=O)C=C4C[C@@H](O)CC[C@]4(C)[C@H]3CC[C@]12C. The second kappa shape index (κ2) is 7.73. The fourth-order valence-electron chi connectivity index (χ4n) is 8.42. The molecular weight excluding hydrogens is 372 g/mol. The van der Waals surface area contributed by atoms with Crippen LogP contribution < -0.4 is 0 Å². The molecule has 4 aliphatic rings. The maximum atomic E-state index is 13.4. The van der Waals surface area contributed by atoms with Crippen LogP contribution in [-0.4, -0.2) is 27.7 Å². The van der Waals surface area contributed by atoms with Crippen molar-refractivity contribution in [2.45, 2.75) is 111 Å². The number of aliphatic hydroxyl groups is 2. The fraction of sp³-hybridized carbons (Fsp3) is 0.889. The molecule has 0 aromatic carbocycles. The van der Waals surface area contributed by atoms with Crippen LogP contribution >= 0.6 is 0 Å². The van der Waals surface area contributed by atoms with Gasteiger partial charge in [-0.25, -0.2) is 0 Å². The van der Waals surface area contributed by atoms with Gasteiger partial charge in [-0.3, -0.25) is 4.79 Å². The Kier molecular flexibility index (Phi) is 5.80. The number of rotatable bonds is 5. The standard InChI is InChI=1S/C27H44O3/c1-17(7-6-12-25(2,3)30)20-8-9-21-24-22(11-14-27(20,21)5)26(4)13-10-19(28)15-18(26)16-23(24)29/h16-17,19-22,24,28,30H,6-15H2,1-5H3/t17-,19+,20-,21+,22+,24+,26+,27-/m1/s1. The van der Waals surface area contributed by atoms with Gasteiger partial charge in [0.25, 0.3) is 0 Å². The molecule has 30 heavy (non-hydrogen) atoms. The van der Waals surface area contributed by atoms with Crippen LogP contribution in [0, 0.1) is 40.4 Å². The summed E-state index contributed by atoms with van der Waals surface area (Å²) in [5.41, 5.74) is 1.07. The number of aliphatic hydroxyl groups excluding tert-OH is 1. The summed E-state index contributed by atoms with van der Waals surface area (Å²) in [6.45, 7) is 11.1. The summed E-state index contributed by atoms with van der Waals surface area (Å²) < 4.78 is 0. The average molecular weight is 417 g/mol. The third-order valence-corrected chi connectivity index (χ3v) is 10.1. The minimum Gasteiger partial charge on any atom is -0.393 e.